The van der Waals surface area contributed by atoms with E-state index in [1.54, 1.807) is 25.6 Å². The Labute approximate surface area is 177 Å². The van der Waals surface area contributed by atoms with Gasteiger partial charge in [0.25, 0.3) is 0 Å². The number of methoxy groups -OCH3 is 1. The number of aryl methyl sites for hydroxylation is 1. The molecule has 7 heteroatoms. The van der Waals surface area contributed by atoms with Gasteiger partial charge < -0.3 is 19.6 Å². The number of carbonyl (C=O) groups excluding carboxylic acids is 1. The molecular formula is C23H30N4O3. The fourth-order valence-corrected chi connectivity index (χ4v) is 4.86. The second-order valence-electron chi connectivity index (χ2n) is 8.37. The van der Waals surface area contributed by atoms with Gasteiger partial charge in [-0.3, -0.25) is 4.79 Å². The van der Waals surface area contributed by atoms with E-state index in [-0.39, 0.29) is 11.3 Å². The van der Waals surface area contributed by atoms with E-state index in [0.717, 1.165) is 37.2 Å². The number of piperidine rings is 2. The maximum Gasteiger partial charge on any atom is 0.225 e. The molecule has 0 aliphatic carbocycles. The molecule has 2 aliphatic heterocycles. The number of aliphatic hydroxyl groups is 1. The molecule has 4 rings (SSSR count). The summed E-state index contributed by atoms with van der Waals surface area (Å²) in [7, 11) is 1.65. The van der Waals surface area contributed by atoms with Crippen LogP contribution in [-0.4, -0.2) is 65.3 Å². The summed E-state index contributed by atoms with van der Waals surface area (Å²) in [4.78, 5) is 25.9. The van der Waals surface area contributed by atoms with Crippen LogP contribution in [0.25, 0.3) is 0 Å². The van der Waals surface area contributed by atoms with E-state index < -0.39 is 6.10 Å². The summed E-state index contributed by atoms with van der Waals surface area (Å²) >= 11 is 0. The van der Waals surface area contributed by atoms with Crippen molar-refractivity contribution in [1.82, 2.24) is 14.9 Å². The van der Waals surface area contributed by atoms with Crippen molar-refractivity contribution in [2.45, 2.75) is 38.2 Å². The average Bonchev–Trinajstić information content (AvgIpc) is 2.80. The van der Waals surface area contributed by atoms with Gasteiger partial charge in [-0.05, 0) is 43.4 Å². The van der Waals surface area contributed by atoms with E-state index in [0.29, 0.717) is 38.3 Å². The second-order valence-corrected chi connectivity index (χ2v) is 8.37. The molecule has 1 N–H and O–H groups in total. The molecule has 2 atom stereocenters. The van der Waals surface area contributed by atoms with Gasteiger partial charge in [-0.2, -0.15) is 0 Å². The number of carbonyl (C=O) groups is 1. The molecule has 1 spiro atoms. The summed E-state index contributed by atoms with van der Waals surface area (Å²) in [5.41, 5.74) is 0.723. The van der Waals surface area contributed by atoms with Crippen LogP contribution in [0.2, 0.25) is 0 Å². The van der Waals surface area contributed by atoms with Gasteiger partial charge in [0.05, 0.1) is 13.2 Å². The first-order valence-electron chi connectivity index (χ1n) is 10.7. The third-order valence-corrected chi connectivity index (χ3v) is 6.48. The van der Waals surface area contributed by atoms with Gasteiger partial charge in [-0.1, -0.05) is 18.2 Å². The highest BCUT2D eigenvalue weighted by Gasteiger charge is 2.46. The van der Waals surface area contributed by atoms with E-state index >= 15 is 0 Å². The smallest absolute Gasteiger partial charge is 0.225 e. The summed E-state index contributed by atoms with van der Waals surface area (Å²) in [5, 5.41) is 10.9. The van der Waals surface area contributed by atoms with Gasteiger partial charge in [-0.15, -0.1) is 0 Å². The molecule has 0 radical (unpaired) electrons. The molecule has 2 saturated heterocycles. The van der Waals surface area contributed by atoms with Crippen molar-refractivity contribution < 1.29 is 14.6 Å². The van der Waals surface area contributed by atoms with Crippen molar-refractivity contribution in [3.8, 4) is 5.75 Å². The third kappa shape index (κ3) is 4.26. The van der Waals surface area contributed by atoms with E-state index in [4.69, 9.17) is 4.74 Å². The van der Waals surface area contributed by atoms with E-state index in [1.165, 1.54) is 0 Å². The lowest BCUT2D eigenvalue weighted by Gasteiger charge is -2.51. The number of rotatable bonds is 5. The van der Waals surface area contributed by atoms with Crippen LogP contribution in [0.5, 0.6) is 5.75 Å². The molecule has 2 fully saturated rings. The number of aliphatic hydroxyl groups excluding tert-OH is 1. The van der Waals surface area contributed by atoms with Crippen molar-refractivity contribution >= 4 is 11.9 Å². The molecule has 0 unspecified atom stereocenters. The van der Waals surface area contributed by atoms with Crippen LogP contribution in [0.3, 0.4) is 0 Å². The predicted molar refractivity (Wildman–Crippen MR) is 114 cm³/mol. The normalized spacial score (nSPS) is 24.1. The Balaban J connectivity index is 1.43. The Morgan fingerprint density at radius 2 is 2.00 bits per heavy atom. The molecule has 1 aromatic heterocycles. The maximum atomic E-state index is 13.0. The molecule has 7 nitrogen and oxygen atoms in total. The molecule has 3 heterocycles. The average molecular weight is 411 g/mol. The van der Waals surface area contributed by atoms with E-state index in [1.807, 2.05) is 29.2 Å². The van der Waals surface area contributed by atoms with Gasteiger partial charge in [-0.25, -0.2) is 9.97 Å². The number of anilines is 1. The highest BCUT2D eigenvalue weighted by molar-refractivity contribution is 5.76. The molecular weight excluding hydrogens is 380 g/mol. The number of aromatic nitrogens is 2. The molecule has 1 aromatic carbocycles. The van der Waals surface area contributed by atoms with Crippen molar-refractivity contribution in [1.29, 1.82) is 0 Å². The van der Waals surface area contributed by atoms with Crippen molar-refractivity contribution in [2.24, 2.45) is 5.41 Å². The zero-order chi connectivity index (χ0) is 21.0. The molecule has 0 bridgehead atoms. The van der Waals surface area contributed by atoms with Crippen LogP contribution in [-0.2, 0) is 11.2 Å². The summed E-state index contributed by atoms with van der Waals surface area (Å²) < 4.78 is 5.41. The number of para-hydroxylation sites is 1. The van der Waals surface area contributed by atoms with Crippen molar-refractivity contribution in [3.05, 3.63) is 48.3 Å². The van der Waals surface area contributed by atoms with Gasteiger partial charge in [0.2, 0.25) is 11.9 Å². The minimum absolute atomic E-state index is 0.139. The molecule has 2 aromatic rings. The largest absolute Gasteiger partial charge is 0.496 e. The number of ether oxygens (including phenoxy) is 1. The molecule has 0 saturated carbocycles. The Morgan fingerprint density at radius 1 is 1.20 bits per heavy atom. The van der Waals surface area contributed by atoms with Gasteiger partial charge >= 0.3 is 0 Å². The van der Waals surface area contributed by atoms with E-state index in [9.17, 15) is 9.90 Å². The maximum absolute atomic E-state index is 13.0. The van der Waals surface area contributed by atoms with Crippen molar-refractivity contribution in [2.75, 3.05) is 38.2 Å². The first-order valence-corrected chi connectivity index (χ1v) is 10.7. The van der Waals surface area contributed by atoms with Gasteiger partial charge in [0.15, 0.2) is 0 Å². The Bertz CT molecular complexity index is 863. The molecule has 160 valence electrons. The fourth-order valence-electron chi connectivity index (χ4n) is 4.86. The van der Waals surface area contributed by atoms with E-state index in [2.05, 4.69) is 14.9 Å². The number of hydrogen-bond acceptors (Lipinski definition) is 6. The topological polar surface area (TPSA) is 78.8 Å². The number of nitrogens with zero attached hydrogens (tertiary/aromatic N) is 4. The van der Waals surface area contributed by atoms with Crippen LogP contribution >= 0.6 is 0 Å². The Morgan fingerprint density at radius 3 is 2.80 bits per heavy atom. The van der Waals surface area contributed by atoms with Crippen LogP contribution in [0.4, 0.5) is 5.95 Å². The number of hydrogen-bond donors (Lipinski definition) is 1. The first kappa shape index (κ1) is 20.6. The first-order chi connectivity index (χ1) is 14.6. The summed E-state index contributed by atoms with van der Waals surface area (Å²) in [6.45, 7) is 2.74. The van der Waals surface area contributed by atoms with Crippen LogP contribution in [0.1, 0.15) is 31.2 Å². The standard InChI is InChI=1S/C23H30N4O3/c1-30-19-7-3-2-6-18(19)8-9-21(29)26-14-4-11-23(16-26)17-27(15-10-20(23)28)22-24-12-5-13-25-22/h2-3,5-7,12-13,20,28H,4,8-11,14-17H2,1H3/t20-,23+/m0/s1. The summed E-state index contributed by atoms with van der Waals surface area (Å²) in [5.74, 6) is 1.66. The monoisotopic (exact) mass is 410 g/mol. The SMILES string of the molecule is COc1ccccc1CCC(=O)N1CCC[C@@]2(C1)CN(c1ncccn1)CC[C@@H]2O. The highest BCUT2D eigenvalue weighted by Crippen LogP contribution is 2.39. The number of likely N-dealkylation sites (tertiary alicyclic amines) is 1. The van der Waals surface area contributed by atoms with Crippen LogP contribution < -0.4 is 9.64 Å². The quantitative estimate of drug-likeness (QED) is 0.815. The lowest BCUT2D eigenvalue weighted by molar-refractivity contribution is -0.137. The minimum atomic E-state index is -0.415. The molecule has 1 amide bonds. The van der Waals surface area contributed by atoms with Crippen LogP contribution in [0.15, 0.2) is 42.7 Å². The lowest BCUT2D eigenvalue weighted by atomic mass is 9.71. The Hall–Kier alpha value is -2.67. The van der Waals surface area contributed by atoms with Gasteiger partial charge in [0.1, 0.15) is 5.75 Å². The summed E-state index contributed by atoms with van der Waals surface area (Å²) in [6.07, 6.45) is 6.65. The third-order valence-electron chi connectivity index (χ3n) is 6.48. The second kappa shape index (κ2) is 9.00. The van der Waals surface area contributed by atoms with Crippen molar-refractivity contribution in [3.63, 3.8) is 0 Å². The molecule has 2 aliphatic rings. The minimum Gasteiger partial charge on any atom is -0.496 e. The predicted octanol–water partition coefficient (Wildman–Crippen LogP) is 2.30. The zero-order valence-electron chi connectivity index (χ0n) is 17.5. The number of amides is 1. The summed E-state index contributed by atoms with van der Waals surface area (Å²) in [6, 6.07) is 9.64. The highest BCUT2D eigenvalue weighted by atomic mass is 16.5. The number of benzene rings is 1. The fraction of sp³-hybridized carbons (Fsp3) is 0.522. The zero-order valence-corrected chi connectivity index (χ0v) is 17.5. The van der Waals surface area contributed by atoms with Gasteiger partial charge in [0, 0.05) is 50.4 Å². The molecule has 30 heavy (non-hydrogen) atoms. The van der Waals surface area contributed by atoms with Crippen LogP contribution in [0, 0.1) is 5.41 Å². The Kier molecular flexibility index (Phi) is 6.18. The lowest BCUT2D eigenvalue weighted by Crippen LogP contribution is -2.60.